The molecule has 0 fully saturated rings. The fourth-order valence-electron chi connectivity index (χ4n) is 1.36. The Bertz CT molecular complexity index is 569. The van der Waals surface area contributed by atoms with Gasteiger partial charge >= 0.3 is 0 Å². The van der Waals surface area contributed by atoms with Crippen LogP contribution in [0.2, 0.25) is 0 Å². The summed E-state index contributed by atoms with van der Waals surface area (Å²) < 4.78 is 4.92. The third-order valence-electron chi connectivity index (χ3n) is 2.21. The zero-order valence-electron chi connectivity index (χ0n) is 10.3. The number of carbonyl (C=O) groups excluding carboxylic acids is 1. The molecule has 0 atom stereocenters. The Balaban J connectivity index is 1.87. The zero-order valence-corrected chi connectivity index (χ0v) is 10.3. The number of hydrazine groups is 1. The van der Waals surface area contributed by atoms with Crippen LogP contribution in [-0.4, -0.2) is 32.6 Å². The van der Waals surface area contributed by atoms with Gasteiger partial charge in [-0.05, 0) is 6.92 Å². The average Bonchev–Trinajstić information content (AvgIpc) is 2.84. The summed E-state index contributed by atoms with van der Waals surface area (Å²) in [5, 5.41) is 6.32. The maximum Gasteiger partial charge on any atom is 0.271 e. The van der Waals surface area contributed by atoms with Crippen molar-refractivity contribution in [2.24, 2.45) is 5.84 Å². The molecule has 2 aromatic heterocycles. The van der Waals surface area contributed by atoms with Crippen LogP contribution in [0.25, 0.3) is 0 Å². The quantitative estimate of drug-likeness (QED) is 0.482. The topological polar surface area (TPSA) is 132 Å². The first kappa shape index (κ1) is 12.9. The van der Waals surface area contributed by atoms with E-state index in [-0.39, 0.29) is 11.6 Å². The first-order chi connectivity index (χ1) is 9.19. The summed E-state index contributed by atoms with van der Waals surface area (Å²) in [6.45, 7) is 2.09. The van der Waals surface area contributed by atoms with Crippen LogP contribution in [-0.2, 0) is 6.42 Å². The maximum absolute atomic E-state index is 11.8. The van der Waals surface area contributed by atoms with E-state index in [1.54, 1.807) is 6.92 Å². The monoisotopic (exact) mass is 263 g/mol. The van der Waals surface area contributed by atoms with Gasteiger partial charge in [-0.3, -0.25) is 9.78 Å². The predicted octanol–water partition coefficient (Wildman–Crippen LogP) is -0.574. The number of hydrogen-bond donors (Lipinski definition) is 3. The normalized spacial score (nSPS) is 10.2. The lowest BCUT2D eigenvalue weighted by molar-refractivity contribution is 0.0948. The lowest BCUT2D eigenvalue weighted by atomic mass is 10.3. The van der Waals surface area contributed by atoms with Gasteiger partial charge in [0.25, 0.3) is 5.91 Å². The number of aromatic nitrogens is 4. The smallest absolute Gasteiger partial charge is 0.271 e. The lowest BCUT2D eigenvalue weighted by Crippen LogP contribution is -2.27. The van der Waals surface area contributed by atoms with Gasteiger partial charge in [-0.1, -0.05) is 5.16 Å². The van der Waals surface area contributed by atoms with E-state index in [2.05, 4.69) is 30.9 Å². The molecule has 2 rings (SSSR count). The van der Waals surface area contributed by atoms with Gasteiger partial charge in [0.15, 0.2) is 11.6 Å². The minimum absolute atomic E-state index is 0.178. The summed E-state index contributed by atoms with van der Waals surface area (Å²) >= 11 is 0. The predicted molar refractivity (Wildman–Crippen MR) is 64.9 cm³/mol. The molecule has 0 bridgehead atoms. The van der Waals surface area contributed by atoms with Crippen molar-refractivity contribution in [1.29, 1.82) is 0 Å². The standard InChI is InChI=1S/C10H13N7O2/c1-6-14-9(19-17-6)2-3-13-10(18)7-4-12-5-8(15-7)16-11/h4-5H,2-3,11H2,1H3,(H,13,18)(H,15,16). The lowest BCUT2D eigenvalue weighted by Gasteiger charge is -2.04. The number of amides is 1. The molecule has 0 radical (unpaired) electrons. The second kappa shape index (κ2) is 5.87. The summed E-state index contributed by atoms with van der Waals surface area (Å²) in [4.78, 5) is 23.6. The van der Waals surface area contributed by atoms with Gasteiger partial charge in [-0.25, -0.2) is 10.8 Å². The van der Waals surface area contributed by atoms with Gasteiger partial charge < -0.3 is 15.3 Å². The number of nitrogens with two attached hydrogens (primary N) is 1. The van der Waals surface area contributed by atoms with Crippen molar-refractivity contribution < 1.29 is 9.32 Å². The van der Waals surface area contributed by atoms with Crippen molar-refractivity contribution >= 4 is 11.7 Å². The van der Waals surface area contributed by atoms with Crippen LogP contribution in [0.3, 0.4) is 0 Å². The first-order valence-electron chi connectivity index (χ1n) is 5.55. The molecule has 4 N–H and O–H groups in total. The number of rotatable bonds is 5. The number of anilines is 1. The summed E-state index contributed by atoms with van der Waals surface area (Å²) in [6, 6.07) is 0. The van der Waals surface area contributed by atoms with Crippen LogP contribution in [0.1, 0.15) is 22.2 Å². The van der Waals surface area contributed by atoms with E-state index in [1.807, 2.05) is 0 Å². The molecule has 9 heteroatoms. The Morgan fingerprint density at radius 1 is 1.42 bits per heavy atom. The van der Waals surface area contributed by atoms with Crippen LogP contribution in [0.4, 0.5) is 5.82 Å². The highest BCUT2D eigenvalue weighted by Crippen LogP contribution is 2.00. The Labute approximate surface area is 108 Å². The third-order valence-corrected chi connectivity index (χ3v) is 2.21. The van der Waals surface area contributed by atoms with Crippen LogP contribution >= 0.6 is 0 Å². The van der Waals surface area contributed by atoms with Crippen LogP contribution < -0.4 is 16.6 Å². The molecule has 19 heavy (non-hydrogen) atoms. The van der Waals surface area contributed by atoms with E-state index in [0.717, 1.165) is 0 Å². The van der Waals surface area contributed by atoms with E-state index in [0.29, 0.717) is 30.5 Å². The minimum Gasteiger partial charge on any atom is -0.350 e. The number of carbonyl (C=O) groups is 1. The Kier molecular flexibility index (Phi) is 3.98. The number of hydrogen-bond acceptors (Lipinski definition) is 8. The van der Waals surface area contributed by atoms with Crippen LogP contribution in [0.5, 0.6) is 0 Å². The van der Waals surface area contributed by atoms with Crippen molar-refractivity contribution in [1.82, 2.24) is 25.4 Å². The fraction of sp³-hybridized carbons (Fsp3) is 0.300. The van der Waals surface area contributed by atoms with Gasteiger partial charge in [-0.15, -0.1) is 0 Å². The van der Waals surface area contributed by atoms with Crippen molar-refractivity contribution in [3.63, 3.8) is 0 Å². The maximum atomic E-state index is 11.8. The molecule has 0 saturated carbocycles. The van der Waals surface area contributed by atoms with E-state index < -0.39 is 0 Å². The summed E-state index contributed by atoms with van der Waals surface area (Å²) in [5.74, 6) is 6.20. The average molecular weight is 263 g/mol. The van der Waals surface area contributed by atoms with Crippen molar-refractivity contribution in [3.05, 3.63) is 29.8 Å². The third kappa shape index (κ3) is 3.45. The first-order valence-corrected chi connectivity index (χ1v) is 5.55. The van der Waals surface area contributed by atoms with Crippen LogP contribution in [0, 0.1) is 6.92 Å². The molecule has 0 saturated heterocycles. The Morgan fingerprint density at radius 2 is 2.26 bits per heavy atom. The van der Waals surface area contributed by atoms with E-state index >= 15 is 0 Å². The summed E-state index contributed by atoms with van der Waals surface area (Å²) in [5.41, 5.74) is 2.50. The number of nitrogens with zero attached hydrogens (tertiary/aromatic N) is 4. The SMILES string of the molecule is Cc1noc(CCNC(=O)c2cncc(NN)n2)n1. The molecular formula is C10H13N7O2. The molecular weight excluding hydrogens is 250 g/mol. The highest BCUT2D eigenvalue weighted by atomic mass is 16.5. The fourth-order valence-corrected chi connectivity index (χ4v) is 1.36. The van der Waals surface area contributed by atoms with Gasteiger partial charge in [0.1, 0.15) is 5.69 Å². The summed E-state index contributed by atoms with van der Waals surface area (Å²) in [7, 11) is 0. The van der Waals surface area contributed by atoms with Gasteiger partial charge in [0.05, 0.1) is 12.4 Å². The second-order valence-electron chi connectivity index (χ2n) is 3.68. The molecule has 0 spiro atoms. The molecule has 2 aromatic rings. The molecule has 0 aliphatic rings. The van der Waals surface area contributed by atoms with Crippen molar-refractivity contribution in [3.8, 4) is 0 Å². The zero-order chi connectivity index (χ0) is 13.7. The molecule has 100 valence electrons. The number of nitrogen functional groups attached to an aromatic ring is 1. The molecule has 0 aliphatic heterocycles. The molecule has 0 aliphatic carbocycles. The van der Waals surface area contributed by atoms with Crippen molar-refractivity contribution in [2.45, 2.75) is 13.3 Å². The van der Waals surface area contributed by atoms with Gasteiger partial charge in [0, 0.05) is 13.0 Å². The van der Waals surface area contributed by atoms with E-state index in [1.165, 1.54) is 12.4 Å². The van der Waals surface area contributed by atoms with E-state index in [9.17, 15) is 4.79 Å². The molecule has 2 heterocycles. The highest BCUT2D eigenvalue weighted by molar-refractivity contribution is 5.92. The molecule has 0 unspecified atom stereocenters. The van der Waals surface area contributed by atoms with E-state index in [4.69, 9.17) is 10.4 Å². The van der Waals surface area contributed by atoms with Crippen molar-refractivity contribution in [2.75, 3.05) is 12.0 Å². The minimum atomic E-state index is -0.346. The molecule has 1 amide bonds. The Morgan fingerprint density at radius 3 is 2.95 bits per heavy atom. The Hall–Kier alpha value is -2.55. The largest absolute Gasteiger partial charge is 0.350 e. The molecule has 9 nitrogen and oxygen atoms in total. The van der Waals surface area contributed by atoms with Crippen LogP contribution in [0.15, 0.2) is 16.9 Å². The highest BCUT2D eigenvalue weighted by Gasteiger charge is 2.09. The number of nitrogens with one attached hydrogen (secondary N) is 2. The molecule has 0 aromatic carbocycles. The number of aryl methyl sites for hydroxylation is 1. The van der Waals surface area contributed by atoms with Gasteiger partial charge in [0.2, 0.25) is 5.89 Å². The second-order valence-corrected chi connectivity index (χ2v) is 3.68. The summed E-state index contributed by atoms with van der Waals surface area (Å²) in [6.07, 6.45) is 3.22. The van der Waals surface area contributed by atoms with Gasteiger partial charge in [-0.2, -0.15) is 4.98 Å².